The largest absolute Gasteiger partial charge is 0.465 e. The summed E-state index contributed by atoms with van der Waals surface area (Å²) in [5.74, 6) is 6.09. The third-order valence-electron chi connectivity index (χ3n) is 3.63. The number of esters is 1. The number of ketones is 1. The van der Waals surface area contributed by atoms with Crippen LogP contribution in [0.3, 0.4) is 0 Å². The van der Waals surface area contributed by atoms with Crippen molar-refractivity contribution in [2.75, 3.05) is 6.61 Å². The van der Waals surface area contributed by atoms with Crippen molar-refractivity contribution in [1.82, 2.24) is 0 Å². The van der Waals surface area contributed by atoms with Crippen LogP contribution >= 0.6 is 0 Å². The number of hydrogen-bond donors (Lipinski definition) is 0. The second-order valence-corrected chi connectivity index (χ2v) is 5.09. The van der Waals surface area contributed by atoms with E-state index in [0.29, 0.717) is 6.42 Å². The third-order valence-corrected chi connectivity index (χ3v) is 3.63. The molecule has 104 valence electrons. The van der Waals surface area contributed by atoms with Gasteiger partial charge in [-0.1, -0.05) is 42.2 Å². The van der Waals surface area contributed by atoms with Crippen LogP contribution in [0, 0.1) is 17.3 Å². The van der Waals surface area contributed by atoms with Crippen molar-refractivity contribution in [3.63, 3.8) is 0 Å². The summed E-state index contributed by atoms with van der Waals surface area (Å²) in [5.41, 5.74) is 0.634. The number of Topliss-reactive ketones (excluding diaryl/α,β-unsaturated/α-hetero) is 1. The van der Waals surface area contributed by atoms with Crippen LogP contribution in [0.5, 0.6) is 0 Å². The first-order valence-corrected chi connectivity index (χ1v) is 6.75. The Hall–Kier alpha value is -2.08. The maximum Gasteiger partial charge on any atom is 0.302 e. The number of carbonyl (C=O) groups excluding carboxylic acids is 2. The first-order valence-electron chi connectivity index (χ1n) is 6.75. The van der Waals surface area contributed by atoms with Crippen LogP contribution < -0.4 is 0 Å². The van der Waals surface area contributed by atoms with E-state index >= 15 is 0 Å². The molecule has 0 unspecified atom stereocenters. The van der Waals surface area contributed by atoms with Gasteiger partial charge in [0, 0.05) is 19.3 Å². The Kier molecular flexibility index (Phi) is 4.24. The predicted octanol–water partition coefficient (Wildman–Crippen LogP) is 2.71. The maximum atomic E-state index is 11.9. The molecule has 0 radical (unpaired) electrons. The molecule has 1 aromatic carbocycles. The normalized spacial score (nSPS) is 23.4. The molecule has 3 nitrogen and oxygen atoms in total. The molecule has 0 spiro atoms. The second-order valence-electron chi connectivity index (χ2n) is 5.09. The van der Waals surface area contributed by atoms with Crippen molar-refractivity contribution in [2.24, 2.45) is 5.41 Å². The van der Waals surface area contributed by atoms with Gasteiger partial charge < -0.3 is 4.74 Å². The van der Waals surface area contributed by atoms with Gasteiger partial charge in [0.2, 0.25) is 0 Å². The lowest BCUT2D eigenvalue weighted by molar-refractivity contribution is -0.140. The van der Waals surface area contributed by atoms with Gasteiger partial charge in [-0.15, -0.1) is 0 Å². The van der Waals surface area contributed by atoms with Gasteiger partial charge in [-0.05, 0) is 18.9 Å². The highest BCUT2D eigenvalue weighted by atomic mass is 16.5. The molecule has 0 amide bonds. The molecule has 0 bridgehead atoms. The smallest absolute Gasteiger partial charge is 0.302 e. The van der Waals surface area contributed by atoms with Gasteiger partial charge in [0.15, 0.2) is 0 Å². The van der Waals surface area contributed by atoms with Crippen molar-refractivity contribution in [2.45, 2.75) is 32.6 Å². The fraction of sp³-hybridized carbons (Fsp3) is 0.412. The van der Waals surface area contributed by atoms with Crippen molar-refractivity contribution in [3.05, 3.63) is 35.9 Å². The van der Waals surface area contributed by atoms with E-state index in [1.165, 1.54) is 6.92 Å². The molecule has 0 aliphatic heterocycles. The van der Waals surface area contributed by atoms with Gasteiger partial charge in [-0.2, -0.15) is 0 Å². The van der Waals surface area contributed by atoms with Crippen molar-refractivity contribution >= 4 is 11.8 Å². The van der Waals surface area contributed by atoms with Crippen LogP contribution in [0.25, 0.3) is 0 Å². The Morgan fingerprint density at radius 3 is 2.60 bits per heavy atom. The second kappa shape index (κ2) is 5.92. The molecule has 1 saturated carbocycles. The summed E-state index contributed by atoms with van der Waals surface area (Å²) < 4.78 is 4.82. The molecule has 20 heavy (non-hydrogen) atoms. The van der Waals surface area contributed by atoms with Crippen molar-refractivity contribution < 1.29 is 14.3 Å². The molecule has 1 aromatic rings. The van der Waals surface area contributed by atoms with Crippen LogP contribution in [0.4, 0.5) is 0 Å². The van der Waals surface area contributed by atoms with Gasteiger partial charge >= 0.3 is 5.97 Å². The van der Waals surface area contributed by atoms with E-state index < -0.39 is 5.41 Å². The van der Waals surface area contributed by atoms with Crippen LogP contribution in [0.15, 0.2) is 30.3 Å². The number of rotatable bonds is 4. The topological polar surface area (TPSA) is 43.4 Å². The Bertz CT molecular complexity index is 565. The van der Waals surface area contributed by atoms with Gasteiger partial charge in [0.25, 0.3) is 0 Å². The van der Waals surface area contributed by atoms with E-state index in [1.807, 2.05) is 30.3 Å². The highest BCUT2D eigenvalue weighted by molar-refractivity contribution is 5.90. The summed E-state index contributed by atoms with van der Waals surface area (Å²) in [7, 11) is 0. The molecule has 1 fully saturated rings. The van der Waals surface area contributed by atoms with E-state index in [4.69, 9.17) is 4.74 Å². The zero-order valence-corrected chi connectivity index (χ0v) is 11.8. The Balaban J connectivity index is 2.02. The fourth-order valence-corrected chi connectivity index (χ4v) is 2.43. The molecule has 0 N–H and O–H groups in total. The highest BCUT2D eigenvalue weighted by Gasteiger charge is 2.57. The summed E-state index contributed by atoms with van der Waals surface area (Å²) in [6, 6.07) is 10.00. The Labute approximate surface area is 119 Å². The molecule has 3 heteroatoms. The summed E-state index contributed by atoms with van der Waals surface area (Å²) in [4.78, 5) is 22.5. The van der Waals surface area contributed by atoms with E-state index in [9.17, 15) is 9.59 Å². The Morgan fingerprint density at radius 2 is 2.00 bits per heavy atom. The average molecular weight is 270 g/mol. The molecule has 0 heterocycles. The average Bonchev–Trinajstić information content (AvgIpc) is 3.15. The minimum absolute atomic E-state index is 0.117. The van der Waals surface area contributed by atoms with Crippen LogP contribution in [-0.2, 0) is 14.3 Å². The minimum atomic E-state index is -0.530. The van der Waals surface area contributed by atoms with Gasteiger partial charge in [-0.3, -0.25) is 9.59 Å². The van der Waals surface area contributed by atoms with Crippen LogP contribution in [0.2, 0.25) is 0 Å². The summed E-state index contributed by atoms with van der Waals surface area (Å²) in [6.45, 7) is 3.26. The first kappa shape index (κ1) is 14.3. The third kappa shape index (κ3) is 3.08. The number of ether oxygens (including phenoxy) is 1. The molecule has 0 aromatic heterocycles. The maximum absolute atomic E-state index is 11.9. The van der Waals surface area contributed by atoms with E-state index in [0.717, 1.165) is 12.0 Å². The monoisotopic (exact) mass is 270 g/mol. The zero-order chi connectivity index (χ0) is 14.6. The lowest BCUT2D eigenvalue weighted by Gasteiger charge is -2.06. The summed E-state index contributed by atoms with van der Waals surface area (Å²) in [5, 5.41) is 0. The molecule has 2 rings (SSSR count). The number of hydrogen-bond acceptors (Lipinski definition) is 3. The van der Waals surface area contributed by atoms with Gasteiger partial charge in [0.1, 0.15) is 12.4 Å². The molecule has 1 aliphatic rings. The van der Waals surface area contributed by atoms with Crippen molar-refractivity contribution in [1.29, 1.82) is 0 Å². The molecular weight excluding hydrogens is 252 g/mol. The molecule has 0 saturated heterocycles. The van der Waals surface area contributed by atoms with E-state index in [1.54, 1.807) is 6.92 Å². The minimum Gasteiger partial charge on any atom is -0.465 e. The summed E-state index contributed by atoms with van der Waals surface area (Å²) >= 11 is 0. The van der Waals surface area contributed by atoms with E-state index in [2.05, 4.69) is 11.8 Å². The van der Waals surface area contributed by atoms with Gasteiger partial charge in [-0.25, -0.2) is 0 Å². The van der Waals surface area contributed by atoms with Crippen molar-refractivity contribution in [3.8, 4) is 11.8 Å². The van der Waals surface area contributed by atoms with Crippen LogP contribution in [0.1, 0.15) is 38.2 Å². The molecular formula is C17H18O3. The lowest BCUT2D eigenvalue weighted by atomic mass is 9.95. The predicted molar refractivity (Wildman–Crippen MR) is 75.9 cm³/mol. The Morgan fingerprint density at radius 1 is 1.30 bits per heavy atom. The molecule has 1 aliphatic carbocycles. The lowest BCUT2D eigenvalue weighted by Crippen LogP contribution is -2.12. The number of carbonyl (C=O) groups is 2. The highest BCUT2D eigenvalue weighted by Crippen LogP contribution is 2.59. The number of benzene rings is 1. The quantitative estimate of drug-likeness (QED) is 0.480. The SMILES string of the molecule is CC(=O)OCCC#C[C@@]1(C(C)=O)C[C@H]1c1ccccc1. The van der Waals surface area contributed by atoms with E-state index in [-0.39, 0.29) is 24.3 Å². The fourth-order valence-electron chi connectivity index (χ4n) is 2.43. The van der Waals surface area contributed by atoms with Crippen LogP contribution in [-0.4, -0.2) is 18.4 Å². The summed E-state index contributed by atoms with van der Waals surface area (Å²) in [6.07, 6.45) is 1.25. The standard InChI is InChI=1S/C17H18O3/c1-13(18)17(10-6-7-11-20-14(2)19)12-16(17)15-8-4-3-5-9-15/h3-5,8-9,16H,7,11-12H2,1-2H3/t16-,17-/m0/s1. The zero-order valence-electron chi connectivity index (χ0n) is 11.8. The molecule has 2 atom stereocenters. The van der Waals surface area contributed by atoms with Gasteiger partial charge in [0.05, 0.1) is 5.41 Å². The first-order chi connectivity index (χ1) is 9.56.